The highest BCUT2D eigenvalue weighted by Crippen LogP contribution is 2.30. The zero-order valence-electron chi connectivity index (χ0n) is 20.3. The van der Waals surface area contributed by atoms with Crippen molar-refractivity contribution < 1.29 is 34.0 Å². The maximum absolute atomic E-state index is 12.8. The lowest BCUT2D eigenvalue weighted by Crippen LogP contribution is -2.47. The van der Waals surface area contributed by atoms with Crippen LogP contribution in [0.3, 0.4) is 0 Å². The number of benzene rings is 2. The average Bonchev–Trinajstić information content (AvgIpc) is 2.84. The fraction of sp³-hybridized carbons (Fsp3) is 0.333. The first-order valence-electron chi connectivity index (χ1n) is 11.6. The molecule has 0 spiro atoms. The molecule has 0 unspecified atom stereocenters. The third-order valence-corrected chi connectivity index (χ3v) is 6.03. The Kier molecular flexibility index (Phi) is 7.44. The van der Waals surface area contributed by atoms with E-state index >= 15 is 0 Å². The fourth-order valence-corrected chi connectivity index (χ4v) is 3.90. The van der Waals surface area contributed by atoms with Gasteiger partial charge in [-0.3, -0.25) is 4.79 Å². The van der Waals surface area contributed by atoms with Crippen molar-refractivity contribution >= 4 is 22.6 Å². The van der Waals surface area contributed by atoms with Crippen molar-refractivity contribution in [3.8, 4) is 11.5 Å². The second kappa shape index (κ2) is 10.5. The van der Waals surface area contributed by atoms with Crippen molar-refractivity contribution in [2.75, 3.05) is 11.9 Å². The van der Waals surface area contributed by atoms with Crippen LogP contribution in [-0.4, -0.2) is 46.3 Å². The molecule has 4 rings (SSSR count). The monoisotopic (exact) mass is 495 g/mol. The quantitative estimate of drug-likeness (QED) is 0.301. The smallest absolute Gasteiger partial charge is 0.360 e. The van der Waals surface area contributed by atoms with Gasteiger partial charge in [-0.2, -0.15) is 0 Å². The number of phenolic OH excluding ortho intramolecular Hbond substituents is 1. The maximum atomic E-state index is 12.8. The highest BCUT2D eigenvalue weighted by atomic mass is 16.7. The Labute approximate surface area is 207 Å². The predicted octanol–water partition coefficient (Wildman–Crippen LogP) is 3.42. The van der Waals surface area contributed by atoms with Crippen molar-refractivity contribution in [2.45, 2.75) is 52.1 Å². The summed E-state index contributed by atoms with van der Waals surface area (Å²) in [5.41, 5.74) is 1.95. The number of hydrogen-bond acceptors (Lipinski definition) is 8. The molecule has 4 N–H and O–H groups in total. The molecule has 0 bridgehead atoms. The molecule has 1 aliphatic heterocycles. The van der Waals surface area contributed by atoms with Crippen LogP contribution in [0.1, 0.15) is 41.8 Å². The van der Waals surface area contributed by atoms with Gasteiger partial charge in [0.1, 0.15) is 28.9 Å². The van der Waals surface area contributed by atoms with E-state index in [1.165, 1.54) is 18.2 Å². The van der Waals surface area contributed by atoms with Gasteiger partial charge in [0, 0.05) is 16.5 Å². The summed E-state index contributed by atoms with van der Waals surface area (Å²) in [6.45, 7) is 5.82. The topological polar surface area (TPSA) is 138 Å². The Morgan fingerprint density at radius 1 is 1.19 bits per heavy atom. The Hall–Kier alpha value is -3.66. The van der Waals surface area contributed by atoms with E-state index in [2.05, 4.69) is 5.32 Å². The summed E-state index contributed by atoms with van der Waals surface area (Å²) < 4.78 is 16.6. The molecule has 0 saturated carbocycles. The van der Waals surface area contributed by atoms with Crippen molar-refractivity contribution in [3.63, 3.8) is 0 Å². The van der Waals surface area contributed by atoms with Gasteiger partial charge in [0.15, 0.2) is 0 Å². The number of aromatic hydroxyl groups is 1. The molecule has 3 aromatic rings. The fourth-order valence-electron chi connectivity index (χ4n) is 3.90. The van der Waals surface area contributed by atoms with Gasteiger partial charge in [-0.15, -0.1) is 0 Å². The summed E-state index contributed by atoms with van der Waals surface area (Å²) in [6, 6.07) is 9.31. The van der Waals surface area contributed by atoms with Crippen LogP contribution in [0, 0.1) is 6.92 Å². The lowest BCUT2D eigenvalue weighted by molar-refractivity contribution is -0.207. The molecule has 1 saturated heterocycles. The maximum Gasteiger partial charge on any atom is 0.360 e. The minimum Gasteiger partial charge on any atom is -0.508 e. The average molecular weight is 496 g/mol. The molecule has 3 atom stereocenters. The van der Waals surface area contributed by atoms with Crippen LogP contribution < -0.4 is 15.7 Å². The number of carbonyl (C=O) groups excluding carboxylic acids is 1. The van der Waals surface area contributed by atoms with Crippen LogP contribution in [0.4, 0.5) is 5.69 Å². The molecule has 1 amide bonds. The van der Waals surface area contributed by atoms with E-state index < -0.39 is 30.0 Å². The largest absolute Gasteiger partial charge is 0.508 e. The van der Waals surface area contributed by atoms with E-state index in [-0.39, 0.29) is 29.2 Å². The van der Waals surface area contributed by atoms with Crippen LogP contribution in [0.5, 0.6) is 11.5 Å². The molecule has 190 valence electrons. The van der Waals surface area contributed by atoms with E-state index in [1.54, 1.807) is 25.1 Å². The van der Waals surface area contributed by atoms with Gasteiger partial charge in [0.2, 0.25) is 6.29 Å². The number of anilines is 1. The molecule has 2 aromatic carbocycles. The molecule has 9 nitrogen and oxygen atoms in total. The number of rotatable bonds is 6. The van der Waals surface area contributed by atoms with Crippen LogP contribution in [0.25, 0.3) is 11.0 Å². The van der Waals surface area contributed by atoms with Crippen LogP contribution in [0.15, 0.2) is 57.3 Å². The molecular weight excluding hydrogens is 466 g/mol. The van der Waals surface area contributed by atoms with Crippen LogP contribution in [-0.2, 0) is 11.2 Å². The minimum absolute atomic E-state index is 0.0337. The molecule has 9 heteroatoms. The normalized spacial score (nSPS) is 19.6. The van der Waals surface area contributed by atoms with Gasteiger partial charge in [0.25, 0.3) is 5.91 Å². The van der Waals surface area contributed by atoms with Gasteiger partial charge >= 0.3 is 5.63 Å². The number of aliphatic hydroxyl groups excluding tert-OH is 2. The summed E-state index contributed by atoms with van der Waals surface area (Å²) >= 11 is 0. The third-order valence-electron chi connectivity index (χ3n) is 6.03. The number of aryl methyl sites for hydroxylation is 1. The number of phenols is 1. The van der Waals surface area contributed by atoms with E-state index in [0.29, 0.717) is 35.1 Å². The zero-order chi connectivity index (χ0) is 26.0. The lowest BCUT2D eigenvalue weighted by Gasteiger charge is -2.32. The van der Waals surface area contributed by atoms with Gasteiger partial charge in [-0.05, 0) is 75.6 Å². The minimum atomic E-state index is -1.21. The van der Waals surface area contributed by atoms with Gasteiger partial charge in [-0.1, -0.05) is 11.6 Å². The molecule has 1 aliphatic rings. The zero-order valence-corrected chi connectivity index (χ0v) is 20.3. The first kappa shape index (κ1) is 25.4. The van der Waals surface area contributed by atoms with E-state index in [4.69, 9.17) is 13.9 Å². The number of ether oxygens (including phenoxy) is 2. The number of fused-ring (bicyclic) bond motifs is 1. The van der Waals surface area contributed by atoms with Crippen molar-refractivity contribution in [3.05, 3.63) is 75.2 Å². The molecule has 1 aromatic heterocycles. The summed E-state index contributed by atoms with van der Waals surface area (Å²) in [4.78, 5) is 25.5. The molecule has 2 heterocycles. The number of aliphatic hydroxyl groups is 2. The number of allylic oxidation sites excluding steroid dienone is 2. The number of hydrogen-bond donors (Lipinski definition) is 4. The number of nitrogens with one attached hydrogen (secondary N) is 1. The van der Waals surface area contributed by atoms with Crippen molar-refractivity contribution in [1.29, 1.82) is 0 Å². The first-order chi connectivity index (χ1) is 17.1. The lowest BCUT2D eigenvalue weighted by atomic mass is 10.0. The van der Waals surface area contributed by atoms with Gasteiger partial charge < -0.3 is 34.5 Å². The van der Waals surface area contributed by atoms with E-state index in [1.807, 2.05) is 19.9 Å². The first-order valence-corrected chi connectivity index (χ1v) is 11.6. The Morgan fingerprint density at radius 3 is 2.72 bits per heavy atom. The van der Waals surface area contributed by atoms with Crippen LogP contribution in [0.2, 0.25) is 0 Å². The molecule has 1 fully saturated rings. The second-order valence-corrected chi connectivity index (χ2v) is 9.04. The molecule has 36 heavy (non-hydrogen) atoms. The summed E-state index contributed by atoms with van der Waals surface area (Å²) in [5, 5.41) is 33.2. The summed E-state index contributed by atoms with van der Waals surface area (Å²) in [7, 11) is 0. The third kappa shape index (κ3) is 5.43. The second-order valence-electron chi connectivity index (χ2n) is 9.04. The van der Waals surface area contributed by atoms with Crippen molar-refractivity contribution in [2.24, 2.45) is 0 Å². The van der Waals surface area contributed by atoms with Crippen LogP contribution >= 0.6 is 0 Å². The summed E-state index contributed by atoms with van der Waals surface area (Å²) in [5.74, 6) is -0.101. The standard InChI is InChI=1S/C27H29NO8/c1-14(2)4-5-16-12-18(6-8-20(16)29)25(32)28-19-13-17-7-9-22(15(3)24(17)36-26(19)33)35-27-23(31)21(30)10-11-34-27/h4,6-9,12-13,21,23,27,29-31H,5,10-11H2,1-3H3,(H,28,32)/t21-,23+,27+/m1/s1. The van der Waals surface area contributed by atoms with Crippen molar-refractivity contribution in [1.82, 2.24) is 0 Å². The number of carbonyl (C=O) groups is 1. The SMILES string of the molecule is CC(C)=CCc1cc(C(=O)Nc2cc3ccc(O[C@@H]4OCC[C@@H](O)[C@@H]4O)c(C)c3oc2=O)ccc1O. The van der Waals surface area contributed by atoms with E-state index in [0.717, 1.165) is 5.57 Å². The predicted molar refractivity (Wildman–Crippen MR) is 133 cm³/mol. The van der Waals surface area contributed by atoms with E-state index in [9.17, 15) is 24.9 Å². The highest BCUT2D eigenvalue weighted by Gasteiger charge is 2.33. The van der Waals surface area contributed by atoms with Gasteiger partial charge in [-0.25, -0.2) is 4.79 Å². The molecule has 0 aliphatic carbocycles. The Balaban J connectivity index is 1.57. The molecular formula is C27H29NO8. The highest BCUT2D eigenvalue weighted by molar-refractivity contribution is 6.05. The Morgan fingerprint density at radius 2 is 1.97 bits per heavy atom. The molecule has 0 radical (unpaired) electrons. The van der Waals surface area contributed by atoms with Gasteiger partial charge in [0.05, 0.1) is 12.7 Å². The number of amides is 1. The Bertz CT molecular complexity index is 1370. The summed E-state index contributed by atoms with van der Waals surface area (Å²) in [6.07, 6.45) is -0.493.